The first-order chi connectivity index (χ1) is 9.23. The molecule has 2 fully saturated rings. The average Bonchev–Trinajstić information content (AvgIpc) is 2.79. The summed E-state index contributed by atoms with van der Waals surface area (Å²) in [5, 5.41) is 4.24. The molecule has 2 N–H and O–H groups in total. The van der Waals surface area contributed by atoms with E-state index in [0.717, 1.165) is 24.6 Å². The lowest BCUT2D eigenvalue weighted by atomic mass is 9.61. The summed E-state index contributed by atoms with van der Waals surface area (Å²) in [6, 6.07) is 0.283. The molecule has 1 heterocycles. The molecule has 2 saturated carbocycles. The minimum absolute atomic E-state index is 0.112. The molecule has 4 heteroatoms. The average molecular weight is 277 g/mol. The Kier molecular flexibility index (Phi) is 3.02. The second-order valence-electron chi connectivity index (χ2n) is 8.14. The molecule has 4 atom stereocenters. The van der Waals surface area contributed by atoms with Gasteiger partial charge in [0.15, 0.2) is 5.82 Å². The minimum Gasteiger partial charge on any atom is -0.339 e. The predicted molar refractivity (Wildman–Crippen MR) is 78.3 cm³/mol. The van der Waals surface area contributed by atoms with Crippen LogP contribution in [0.3, 0.4) is 0 Å². The Morgan fingerprint density at radius 2 is 1.80 bits per heavy atom. The lowest BCUT2D eigenvalue weighted by molar-refractivity contribution is 0.0806. The van der Waals surface area contributed by atoms with Crippen molar-refractivity contribution >= 4 is 0 Å². The van der Waals surface area contributed by atoms with E-state index in [0.29, 0.717) is 23.2 Å². The summed E-state index contributed by atoms with van der Waals surface area (Å²) < 4.78 is 5.62. The van der Waals surface area contributed by atoms with Crippen molar-refractivity contribution in [2.75, 3.05) is 0 Å². The van der Waals surface area contributed by atoms with Gasteiger partial charge in [0.05, 0.1) is 0 Å². The van der Waals surface area contributed by atoms with Crippen molar-refractivity contribution in [2.24, 2.45) is 22.5 Å². The maximum atomic E-state index is 6.23. The van der Waals surface area contributed by atoms with Gasteiger partial charge in [0, 0.05) is 17.9 Å². The van der Waals surface area contributed by atoms with Crippen LogP contribution in [0.1, 0.15) is 77.4 Å². The van der Waals surface area contributed by atoms with Crippen LogP contribution in [0, 0.1) is 16.7 Å². The maximum Gasteiger partial charge on any atom is 0.230 e. The van der Waals surface area contributed by atoms with Crippen molar-refractivity contribution in [3.8, 4) is 0 Å². The third kappa shape index (κ3) is 2.09. The molecule has 0 radical (unpaired) electrons. The molecule has 20 heavy (non-hydrogen) atoms. The summed E-state index contributed by atoms with van der Waals surface area (Å²) in [6.45, 7) is 11.3. The van der Waals surface area contributed by atoms with Gasteiger partial charge < -0.3 is 10.3 Å². The van der Waals surface area contributed by atoms with Gasteiger partial charge in [0.2, 0.25) is 5.89 Å². The lowest BCUT2D eigenvalue weighted by Crippen LogP contribution is -2.45. The summed E-state index contributed by atoms with van der Waals surface area (Å²) in [6.07, 6.45) is 3.26. The Morgan fingerprint density at radius 3 is 2.40 bits per heavy atom. The van der Waals surface area contributed by atoms with Crippen LogP contribution in [0.5, 0.6) is 0 Å². The largest absolute Gasteiger partial charge is 0.339 e. The van der Waals surface area contributed by atoms with Gasteiger partial charge >= 0.3 is 0 Å². The van der Waals surface area contributed by atoms with E-state index in [1.807, 2.05) is 0 Å². The topological polar surface area (TPSA) is 64.9 Å². The van der Waals surface area contributed by atoms with E-state index in [9.17, 15) is 0 Å². The van der Waals surface area contributed by atoms with Gasteiger partial charge in [-0.2, -0.15) is 4.98 Å². The van der Waals surface area contributed by atoms with Crippen LogP contribution in [0.25, 0.3) is 0 Å². The quantitative estimate of drug-likeness (QED) is 0.899. The zero-order valence-electron chi connectivity index (χ0n) is 13.3. The highest BCUT2D eigenvalue weighted by molar-refractivity contribution is 5.16. The zero-order valence-corrected chi connectivity index (χ0v) is 13.3. The van der Waals surface area contributed by atoms with Gasteiger partial charge in [-0.25, -0.2) is 0 Å². The molecule has 0 spiro atoms. The minimum atomic E-state index is 0.112. The Balaban J connectivity index is 1.83. The highest BCUT2D eigenvalue weighted by atomic mass is 16.5. The summed E-state index contributed by atoms with van der Waals surface area (Å²) in [7, 11) is 0. The second kappa shape index (κ2) is 4.30. The number of aromatic nitrogens is 2. The Morgan fingerprint density at radius 1 is 1.15 bits per heavy atom. The molecule has 4 nitrogen and oxygen atoms in total. The SMILES string of the molecule is CC1C(N)CCC(c2nc(C3CC3(C)C)no2)C1(C)C. The van der Waals surface area contributed by atoms with E-state index in [2.05, 4.69) is 39.8 Å². The Labute approximate surface area is 121 Å². The number of nitrogens with zero attached hydrogens (tertiary/aromatic N) is 2. The molecule has 1 aromatic heterocycles. The zero-order chi connectivity index (χ0) is 14.7. The predicted octanol–water partition coefficient (Wildman–Crippen LogP) is 3.45. The van der Waals surface area contributed by atoms with Crippen molar-refractivity contribution in [2.45, 2.75) is 71.8 Å². The van der Waals surface area contributed by atoms with Crippen LogP contribution >= 0.6 is 0 Å². The third-order valence-electron chi connectivity index (χ3n) is 6.08. The smallest absolute Gasteiger partial charge is 0.230 e. The van der Waals surface area contributed by atoms with Crippen molar-refractivity contribution in [1.29, 1.82) is 0 Å². The first-order valence-electron chi connectivity index (χ1n) is 7.82. The summed E-state index contributed by atoms with van der Waals surface area (Å²) in [4.78, 5) is 4.73. The van der Waals surface area contributed by atoms with Gasteiger partial charge in [-0.05, 0) is 36.0 Å². The molecule has 0 saturated heterocycles. The van der Waals surface area contributed by atoms with Crippen molar-refractivity contribution in [3.05, 3.63) is 11.7 Å². The highest BCUT2D eigenvalue weighted by Gasteiger charge is 2.50. The van der Waals surface area contributed by atoms with Crippen molar-refractivity contribution in [3.63, 3.8) is 0 Å². The number of nitrogens with two attached hydrogens (primary N) is 1. The molecule has 0 aliphatic heterocycles. The van der Waals surface area contributed by atoms with E-state index in [1.54, 1.807) is 0 Å². The van der Waals surface area contributed by atoms with Gasteiger partial charge in [0.25, 0.3) is 0 Å². The molecule has 2 aliphatic rings. The Bertz CT molecular complexity index is 506. The molecule has 3 rings (SSSR count). The summed E-state index contributed by atoms with van der Waals surface area (Å²) in [5.74, 6) is 3.01. The van der Waals surface area contributed by atoms with E-state index >= 15 is 0 Å². The molecule has 4 unspecified atom stereocenters. The molecular weight excluding hydrogens is 250 g/mol. The fraction of sp³-hybridized carbons (Fsp3) is 0.875. The summed E-state index contributed by atoms with van der Waals surface area (Å²) >= 11 is 0. The van der Waals surface area contributed by atoms with Crippen molar-refractivity contribution < 1.29 is 4.52 Å². The molecule has 112 valence electrons. The first kappa shape index (κ1) is 14.1. The fourth-order valence-corrected chi connectivity index (χ4v) is 3.73. The molecule has 0 amide bonds. The normalized spacial score (nSPS) is 38.7. The summed E-state index contributed by atoms with van der Waals surface area (Å²) in [5.41, 5.74) is 6.68. The molecule has 2 aliphatic carbocycles. The van der Waals surface area contributed by atoms with E-state index < -0.39 is 0 Å². The van der Waals surface area contributed by atoms with Gasteiger partial charge in [0.1, 0.15) is 0 Å². The van der Waals surface area contributed by atoms with E-state index in [4.69, 9.17) is 15.2 Å². The lowest BCUT2D eigenvalue weighted by Gasteiger charge is -2.45. The fourth-order valence-electron chi connectivity index (χ4n) is 3.73. The monoisotopic (exact) mass is 277 g/mol. The molecule has 0 bridgehead atoms. The molecule has 0 aromatic carbocycles. The highest BCUT2D eigenvalue weighted by Crippen LogP contribution is 2.58. The third-order valence-corrected chi connectivity index (χ3v) is 6.08. The van der Waals surface area contributed by atoms with Crippen LogP contribution in [0.15, 0.2) is 4.52 Å². The Hall–Kier alpha value is -0.900. The van der Waals surface area contributed by atoms with Gasteiger partial charge in [-0.3, -0.25) is 0 Å². The van der Waals surface area contributed by atoms with Gasteiger partial charge in [-0.15, -0.1) is 0 Å². The number of hydrogen-bond donors (Lipinski definition) is 1. The number of rotatable bonds is 2. The number of hydrogen-bond acceptors (Lipinski definition) is 4. The molecular formula is C16H27N3O. The van der Waals surface area contributed by atoms with Crippen LogP contribution in [-0.2, 0) is 0 Å². The second-order valence-corrected chi connectivity index (χ2v) is 8.14. The van der Waals surface area contributed by atoms with Crippen LogP contribution in [0.2, 0.25) is 0 Å². The molecule has 1 aromatic rings. The first-order valence-corrected chi connectivity index (χ1v) is 7.82. The van der Waals surface area contributed by atoms with Crippen LogP contribution < -0.4 is 5.73 Å². The van der Waals surface area contributed by atoms with Gasteiger partial charge in [-0.1, -0.05) is 39.8 Å². The maximum absolute atomic E-state index is 6.23. The standard InChI is InChI=1S/C16H27N3O/c1-9-12(17)7-6-10(16(9,4)5)14-18-13(19-20-14)11-8-15(11,2)3/h9-12H,6-8,17H2,1-5H3. The van der Waals surface area contributed by atoms with Crippen LogP contribution in [0.4, 0.5) is 0 Å². The van der Waals surface area contributed by atoms with E-state index in [-0.39, 0.29) is 11.5 Å². The van der Waals surface area contributed by atoms with Crippen LogP contribution in [-0.4, -0.2) is 16.2 Å². The van der Waals surface area contributed by atoms with Crippen molar-refractivity contribution in [1.82, 2.24) is 10.1 Å². The van der Waals surface area contributed by atoms with E-state index in [1.165, 1.54) is 6.42 Å².